The zero-order valence-electron chi connectivity index (χ0n) is 7.41. The quantitative estimate of drug-likeness (QED) is 0.781. The molecule has 3 N–H and O–H groups in total. The van der Waals surface area contributed by atoms with Gasteiger partial charge in [0.25, 0.3) is 0 Å². The molecule has 3 heteroatoms. The third-order valence-electron chi connectivity index (χ3n) is 1.95. The van der Waals surface area contributed by atoms with Crippen molar-refractivity contribution in [2.24, 2.45) is 5.73 Å². The third-order valence-corrected chi connectivity index (χ3v) is 2.29. The summed E-state index contributed by atoms with van der Waals surface area (Å²) in [6.07, 6.45) is 0.990. The van der Waals surface area contributed by atoms with Crippen LogP contribution in [0.25, 0.3) is 0 Å². The van der Waals surface area contributed by atoms with Crippen LogP contribution in [0.1, 0.15) is 24.5 Å². The molecule has 1 aromatic carbocycles. The number of rotatable bonds is 4. The average Bonchev–Trinajstić information content (AvgIpc) is 2.15. The molecule has 0 bridgehead atoms. The van der Waals surface area contributed by atoms with E-state index in [-0.39, 0.29) is 0 Å². The summed E-state index contributed by atoms with van der Waals surface area (Å²) in [7, 11) is 0. The monoisotopic (exact) mass is 199 g/mol. The maximum atomic E-state index is 9.69. The van der Waals surface area contributed by atoms with Gasteiger partial charge in [-0.05, 0) is 31.0 Å². The van der Waals surface area contributed by atoms with Gasteiger partial charge in [-0.15, -0.1) is 0 Å². The summed E-state index contributed by atoms with van der Waals surface area (Å²) < 4.78 is 0. The average molecular weight is 200 g/mol. The third kappa shape index (κ3) is 2.99. The molecule has 0 radical (unpaired) electrons. The van der Waals surface area contributed by atoms with Crippen molar-refractivity contribution in [2.45, 2.75) is 18.9 Å². The van der Waals surface area contributed by atoms with E-state index in [1.165, 1.54) is 0 Å². The van der Waals surface area contributed by atoms with E-state index in [0.717, 1.165) is 12.0 Å². The van der Waals surface area contributed by atoms with Gasteiger partial charge >= 0.3 is 0 Å². The molecule has 2 nitrogen and oxygen atoms in total. The Kier molecular flexibility index (Phi) is 4.22. The number of nitrogens with two attached hydrogens (primary N) is 1. The van der Waals surface area contributed by atoms with Crippen LogP contribution in [0, 0.1) is 0 Å². The Bertz CT molecular complexity index is 265. The van der Waals surface area contributed by atoms with Crippen molar-refractivity contribution in [1.82, 2.24) is 0 Å². The lowest BCUT2D eigenvalue weighted by atomic mass is 10.1. The highest BCUT2D eigenvalue weighted by molar-refractivity contribution is 6.31. The molecule has 0 aromatic heterocycles. The molecule has 0 aliphatic heterocycles. The molecule has 0 amide bonds. The molecule has 0 aliphatic rings. The lowest BCUT2D eigenvalue weighted by Crippen LogP contribution is -2.04. The molecular formula is C10H14ClNO. The van der Waals surface area contributed by atoms with Crippen molar-refractivity contribution in [3.8, 4) is 0 Å². The maximum absolute atomic E-state index is 9.69. The first-order valence-electron chi connectivity index (χ1n) is 4.38. The van der Waals surface area contributed by atoms with Crippen molar-refractivity contribution in [3.05, 3.63) is 34.9 Å². The number of halogens is 1. The van der Waals surface area contributed by atoms with E-state index in [0.29, 0.717) is 18.0 Å². The molecule has 0 spiro atoms. The number of aliphatic hydroxyl groups is 1. The Morgan fingerprint density at radius 1 is 1.38 bits per heavy atom. The van der Waals surface area contributed by atoms with Gasteiger partial charge in [-0.2, -0.15) is 0 Å². The number of hydrogen-bond acceptors (Lipinski definition) is 2. The first-order chi connectivity index (χ1) is 6.25. The Labute approximate surface area is 83.3 Å². The van der Waals surface area contributed by atoms with E-state index < -0.39 is 6.10 Å². The fourth-order valence-corrected chi connectivity index (χ4v) is 1.47. The first kappa shape index (κ1) is 10.5. The molecule has 0 fully saturated rings. The van der Waals surface area contributed by atoms with Crippen molar-refractivity contribution in [3.63, 3.8) is 0 Å². The van der Waals surface area contributed by atoms with E-state index in [2.05, 4.69) is 0 Å². The lowest BCUT2D eigenvalue weighted by molar-refractivity contribution is 0.165. The van der Waals surface area contributed by atoms with E-state index >= 15 is 0 Å². The smallest absolute Gasteiger partial charge is 0.0804 e. The molecule has 0 saturated carbocycles. The van der Waals surface area contributed by atoms with Crippen LogP contribution in [-0.4, -0.2) is 11.7 Å². The second-order valence-electron chi connectivity index (χ2n) is 2.97. The summed E-state index contributed by atoms with van der Waals surface area (Å²) in [6.45, 7) is 0.599. The fourth-order valence-electron chi connectivity index (χ4n) is 1.21. The second-order valence-corrected chi connectivity index (χ2v) is 3.38. The SMILES string of the molecule is NCCCC(O)c1ccccc1Cl. The highest BCUT2D eigenvalue weighted by Gasteiger charge is 2.09. The minimum absolute atomic E-state index is 0.489. The molecule has 1 unspecified atom stereocenters. The minimum Gasteiger partial charge on any atom is -0.388 e. The van der Waals surface area contributed by atoms with Crippen LogP contribution in [0.5, 0.6) is 0 Å². The topological polar surface area (TPSA) is 46.2 Å². The highest BCUT2D eigenvalue weighted by atomic mass is 35.5. The zero-order chi connectivity index (χ0) is 9.68. The van der Waals surface area contributed by atoms with Crippen molar-refractivity contribution in [2.75, 3.05) is 6.54 Å². The van der Waals surface area contributed by atoms with E-state index in [9.17, 15) is 5.11 Å². The summed E-state index contributed by atoms with van der Waals surface area (Å²) in [5.74, 6) is 0. The van der Waals surface area contributed by atoms with Gasteiger partial charge in [0.05, 0.1) is 6.10 Å². The Balaban J connectivity index is 2.65. The molecule has 0 heterocycles. The predicted octanol–water partition coefficient (Wildman–Crippen LogP) is 2.11. The molecule has 1 rings (SSSR count). The molecular weight excluding hydrogens is 186 g/mol. The Hall–Kier alpha value is -0.570. The fraction of sp³-hybridized carbons (Fsp3) is 0.400. The van der Waals surface area contributed by atoms with Crippen LogP contribution in [-0.2, 0) is 0 Å². The highest BCUT2D eigenvalue weighted by Crippen LogP contribution is 2.25. The summed E-state index contributed by atoms with van der Waals surface area (Å²) in [5, 5.41) is 10.3. The van der Waals surface area contributed by atoms with Gasteiger partial charge in [0.1, 0.15) is 0 Å². The van der Waals surface area contributed by atoms with Crippen LogP contribution in [0.2, 0.25) is 5.02 Å². The normalized spacial score (nSPS) is 12.8. The van der Waals surface area contributed by atoms with Crippen LogP contribution in [0.4, 0.5) is 0 Å². The Morgan fingerprint density at radius 3 is 2.69 bits per heavy atom. The van der Waals surface area contributed by atoms with Crippen LogP contribution >= 0.6 is 11.6 Å². The van der Waals surface area contributed by atoms with E-state index in [1.807, 2.05) is 18.2 Å². The van der Waals surface area contributed by atoms with Gasteiger partial charge in [0.2, 0.25) is 0 Å². The van der Waals surface area contributed by atoms with Gasteiger partial charge in [-0.25, -0.2) is 0 Å². The summed E-state index contributed by atoms with van der Waals surface area (Å²) >= 11 is 5.91. The minimum atomic E-state index is -0.489. The molecule has 1 atom stereocenters. The van der Waals surface area contributed by atoms with Crippen molar-refractivity contribution in [1.29, 1.82) is 0 Å². The molecule has 0 aliphatic carbocycles. The van der Waals surface area contributed by atoms with E-state index in [4.69, 9.17) is 17.3 Å². The molecule has 1 aromatic rings. The second kappa shape index (κ2) is 5.22. The van der Waals surface area contributed by atoms with Crippen LogP contribution < -0.4 is 5.73 Å². The molecule has 0 saturated heterocycles. The van der Waals surface area contributed by atoms with Gasteiger partial charge in [-0.3, -0.25) is 0 Å². The number of benzene rings is 1. The predicted molar refractivity (Wildman–Crippen MR) is 54.7 cm³/mol. The Morgan fingerprint density at radius 2 is 2.08 bits per heavy atom. The number of hydrogen-bond donors (Lipinski definition) is 2. The van der Waals surface area contributed by atoms with Gasteiger partial charge < -0.3 is 10.8 Å². The van der Waals surface area contributed by atoms with Crippen molar-refractivity contribution >= 4 is 11.6 Å². The largest absolute Gasteiger partial charge is 0.388 e. The van der Waals surface area contributed by atoms with Crippen molar-refractivity contribution < 1.29 is 5.11 Å². The van der Waals surface area contributed by atoms with Crippen LogP contribution in [0.3, 0.4) is 0 Å². The van der Waals surface area contributed by atoms with E-state index in [1.54, 1.807) is 6.07 Å². The summed E-state index contributed by atoms with van der Waals surface area (Å²) in [4.78, 5) is 0. The standard InChI is InChI=1S/C10H14ClNO/c11-9-5-2-1-4-8(9)10(13)6-3-7-12/h1-2,4-5,10,13H,3,6-7,12H2. The van der Waals surface area contributed by atoms with Gasteiger partial charge in [-0.1, -0.05) is 29.8 Å². The van der Waals surface area contributed by atoms with Gasteiger partial charge in [0.15, 0.2) is 0 Å². The zero-order valence-corrected chi connectivity index (χ0v) is 8.17. The summed E-state index contributed by atoms with van der Waals surface area (Å²) in [6, 6.07) is 7.33. The maximum Gasteiger partial charge on any atom is 0.0804 e. The number of aliphatic hydroxyl groups excluding tert-OH is 1. The van der Waals surface area contributed by atoms with Gasteiger partial charge in [0, 0.05) is 5.02 Å². The molecule has 72 valence electrons. The van der Waals surface area contributed by atoms with Crippen LogP contribution in [0.15, 0.2) is 24.3 Å². The molecule has 13 heavy (non-hydrogen) atoms. The first-order valence-corrected chi connectivity index (χ1v) is 4.76. The lowest BCUT2D eigenvalue weighted by Gasteiger charge is -2.11. The summed E-state index contributed by atoms with van der Waals surface area (Å²) in [5.41, 5.74) is 6.14.